The quantitative estimate of drug-likeness (QED) is 0.241. The summed E-state index contributed by atoms with van der Waals surface area (Å²) in [6, 6.07) is 0.441. The van der Waals surface area contributed by atoms with Gasteiger partial charge < -0.3 is 24.8 Å². The summed E-state index contributed by atoms with van der Waals surface area (Å²) in [5, 5.41) is 7.03. The van der Waals surface area contributed by atoms with Crippen LogP contribution in [0.4, 0.5) is 0 Å². The molecule has 4 unspecified atom stereocenters. The van der Waals surface area contributed by atoms with E-state index >= 15 is 0 Å². The molecule has 2 saturated heterocycles. The fraction of sp³-hybridized carbons (Fsp3) is 0.947. The zero-order chi connectivity index (χ0) is 17.7. The first-order valence-electron chi connectivity index (χ1n) is 9.95. The van der Waals surface area contributed by atoms with E-state index in [0.717, 1.165) is 71.3 Å². The van der Waals surface area contributed by atoms with Gasteiger partial charge in [-0.1, -0.05) is 13.8 Å². The maximum absolute atomic E-state index is 5.88. The normalized spacial score (nSPS) is 32.5. The van der Waals surface area contributed by atoms with E-state index in [-0.39, 0.29) is 29.4 Å². The summed E-state index contributed by atoms with van der Waals surface area (Å²) in [4.78, 5) is 4.73. The lowest BCUT2D eigenvalue weighted by molar-refractivity contribution is -0.106. The Hall–Kier alpha value is -0.120. The van der Waals surface area contributed by atoms with Gasteiger partial charge in [-0.3, -0.25) is 4.99 Å². The third-order valence-electron chi connectivity index (χ3n) is 5.83. The van der Waals surface area contributed by atoms with Crippen LogP contribution in [0, 0.1) is 17.3 Å². The molecule has 7 heteroatoms. The van der Waals surface area contributed by atoms with E-state index in [4.69, 9.17) is 19.2 Å². The number of halogens is 1. The summed E-state index contributed by atoms with van der Waals surface area (Å²) in [7, 11) is 0. The number of aliphatic imine (C=N–C) groups is 1. The molecule has 2 N–H and O–H groups in total. The highest BCUT2D eigenvalue weighted by Crippen LogP contribution is 2.52. The van der Waals surface area contributed by atoms with Crippen molar-refractivity contribution in [2.45, 2.75) is 52.2 Å². The Morgan fingerprint density at radius 3 is 2.85 bits per heavy atom. The second-order valence-corrected chi connectivity index (χ2v) is 8.11. The average molecular weight is 481 g/mol. The molecule has 0 spiro atoms. The maximum Gasteiger partial charge on any atom is 0.191 e. The Balaban J connectivity index is 0.00000243. The topological polar surface area (TPSA) is 64.1 Å². The van der Waals surface area contributed by atoms with Gasteiger partial charge in [0.2, 0.25) is 0 Å². The van der Waals surface area contributed by atoms with Crippen LogP contribution < -0.4 is 10.6 Å². The number of nitrogens with zero attached hydrogens (tertiary/aromatic N) is 1. The number of fused-ring (bicyclic) bond motifs is 1. The molecule has 1 saturated carbocycles. The monoisotopic (exact) mass is 481 g/mol. The fourth-order valence-electron chi connectivity index (χ4n) is 4.41. The molecule has 3 rings (SSSR count). The Kier molecular flexibility index (Phi) is 8.90. The second kappa shape index (κ2) is 10.4. The molecule has 0 aromatic carbocycles. The van der Waals surface area contributed by atoms with Crippen LogP contribution in [-0.2, 0) is 14.2 Å². The van der Waals surface area contributed by atoms with Gasteiger partial charge in [-0.05, 0) is 26.2 Å². The van der Waals surface area contributed by atoms with Gasteiger partial charge in [-0.2, -0.15) is 0 Å². The molecule has 0 amide bonds. The van der Waals surface area contributed by atoms with Crippen LogP contribution in [0.5, 0.6) is 0 Å². The predicted molar refractivity (Wildman–Crippen MR) is 114 cm³/mol. The minimum Gasteiger partial charge on any atom is -0.381 e. The fourth-order valence-corrected chi connectivity index (χ4v) is 4.41. The van der Waals surface area contributed by atoms with E-state index in [1.807, 2.05) is 0 Å². The van der Waals surface area contributed by atoms with Crippen molar-refractivity contribution in [1.29, 1.82) is 0 Å². The van der Waals surface area contributed by atoms with Crippen LogP contribution in [0.25, 0.3) is 0 Å². The molecule has 0 aromatic rings. The number of guanidine groups is 1. The lowest BCUT2D eigenvalue weighted by Crippen LogP contribution is -2.67. The van der Waals surface area contributed by atoms with E-state index in [2.05, 4.69) is 31.4 Å². The molecule has 6 nitrogen and oxygen atoms in total. The van der Waals surface area contributed by atoms with E-state index in [9.17, 15) is 0 Å². The van der Waals surface area contributed by atoms with Gasteiger partial charge in [0.25, 0.3) is 0 Å². The third-order valence-corrected chi connectivity index (χ3v) is 5.83. The van der Waals surface area contributed by atoms with Crippen molar-refractivity contribution >= 4 is 29.9 Å². The van der Waals surface area contributed by atoms with Crippen molar-refractivity contribution in [1.82, 2.24) is 10.6 Å². The Morgan fingerprint density at radius 2 is 2.12 bits per heavy atom. The number of nitrogens with one attached hydrogen (secondary N) is 2. The van der Waals surface area contributed by atoms with Crippen LogP contribution in [0.3, 0.4) is 0 Å². The first-order valence-corrected chi connectivity index (χ1v) is 9.95. The van der Waals surface area contributed by atoms with Gasteiger partial charge in [0, 0.05) is 56.2 Å². The average Bonchev–Trinajstić information content (AvgIpc) is 3.25. The van der Waals surface area contributed by atoms with E-state index in [1.165, 1.54) is 0 Å². The van der Waals surface area contributed by atoms with Gasteiger partial charge in [-0.15, -0.1) is 24.0 Å². The molecule has 0 aromatic heterocycles. The van der Waals surface area contributed by atoms with Crippen molar-refractivity contribution in [2.24, 2.45) is 22.2 Å². The molecular formula is C19H36IN3O3. The molecule has 26 heavy (non-hydrogen) atoms. The molecular weight excluding hydrogens is 445 g/mol. The van der Waals surface area contributed by atoms with Crippen LogP contribution in [0.15, 0.2) is 4.99 Å². The SMILES string of the molecule is CCNC(=NCCCOCC1CCOC1)NC1C2CCOC2C1(C)C.I. The van der Waals surface area contributed by atoms with Gasteiger partial charge in [0.15, 0.2) is 5.96 Å². The Bertz CT molecular complexity index is 455. The van der Waals surface area contributed by atoms with Crippen LogP contribution in [-0.4, -0.2) is 64.2 Å². The first-order chi connectivity index (χ1) is 12.1. The molecule has 3 aliphatic rings. The largest absolute Gasteiger partial charge is 0.381 e. The van der Waals surface area contributed by atoms with Crippen molar-refractivity contribution in [2.75, 3.05) is 46.1 Å². The molecule has 1 aliphatic carbocycles. The number of hydrogen-bond acceptors (Lipinski definition) is 4. The minimum atomic E-state index is 0. The highest BCUT2D eigenvalue weighted by atomic mass is 127. The molecule has 0 bridgehead atoms. The van der Waals surface area contributed by atoms with E-state index < -0.39 is 0 Å². The molecule has 2 heterocycles. The van der Waals surface area contributed by atoms with Gasteiger partial charge >= 0.3 is 0 Å². The van der Waals surface area contributed by atoms with Gasteiger partial charge in [0.1, 0.15) is 0 Å². The van der Waals surface area contributed by atoms with E-state index in [0.29, 0.717) is 24.0 Å². The van der Waals surface area contributed by atoms with E-state index in [1.54, 1.807) is 0 Å². The summed E-state index contributed by atoms with van der Waals surface area (Å²) in [6.07, 6.45) is 3.65. The molecule has 152 valence electrons. The Labute approximate surface area is 175 Å². The lowest BCUT2D eigenvalue weighted by atomic mass is 9.57. The predicted octanol–water partition coefficient (Wildman–Crippen LogP) is 2.42. The van der Waals surface area contributed by atoms with Crippen molar-refractivity contribution in [3.63, 3.8) is 0 Å². The summed E-state index contributed by atoms with van der Waals surface area (Å²) in [5.41, 5.74) is 0.170. The molecule has 2 aliphatic heterocycles. The highest BCUT2D eigenvalue weighted by Gasteiger charge is 2.59. The standard InChI is InChI=1S/C19H35N3O3.HI/c1-4-20-18(21-8-5-9-23-12-14-6-10-24-13-14)22-16-15-7-11-25-17(15)19(16,2)3;/h14-17H,4-13H2,1-3H3,(H2,20,21,22);1H. The van der Waals surface area contributed by atoms with Crippen LogP contribution >= 0.6 is 24.0 Å². The summed E-state index contributed by atoms with van der Waals surface area (Å²) >= 11 is 0. The first kappa shape index (κ1) is 22.2. The zero-order valence-corrected chi connectivity index (χ0v) is 18.8. The number of rotatable bonds is 8. The second-order valence-electron chi connectivity index (χ2n) is 8.11. The highest BCUT2D eigenvalue weighted by molar-refractivity contribution is 14.0. The van der Waals surface area contributed by atoms with Crippen molar-refractivity contribution < 1.29 is 14.2 Å². The third kappa shape index (κ3) is 5.23. The van der Waals surface area contributed by atoms with Gasteiger partial charge in [0.05, 0.1) is 19.3 Å². The van der Waals surface area contributed by atoms with Crippen LogP contribution in [0.1, 0.15) is 40.0 Å². The Morgan fingerprint density at radius 1 is 1.27 bits per heavy atom. The zero-order valence-electron chi connectivity index (χ0n) is 16.5. The van der Waals surface area contributed by atoms with Gasteiger partial charge in [-0.25, -0.2) is 0 Å². The summed E-state index contributed by atoms with van der Waals surface area (Å²) < 4.78 is 17.0. The number of ether oxygens (including phenoxy) is 3. The van der Waals surface area contributed by atoms with Crippen LogP contribution in [0.2, 0.25) is 0 Å². The number of hydrogen-bond donors (Lipinski definition) is 2. The molecule has 3 fully saturated rings. The lowest BCUT2D eigenvalue weighted by Gasteiger charge is -2.54. The van der Waals surface area contributed by atoms with Crippen molar-refractivity contribution in [3.05, 3.63) is 0 Å². The molecule has 0 radical (unpaired) electrons. The minimum absolute atomic E-state index is 0. The summed E-state index contributed by atoms with van der Waals surface area (Å²) in [5.74, 6) is 2.14. The smallest absolute Gasteiger partial charge is 0.191 e. The van der Waals surface area contributed by atoms with Crippen molar-refractivity contribution in [3.8, 4) is 0 Å². The summed E-state index contributed by atoms with van der Waals surface area (Å²) in [6.45, 7) is 12.6. The maximum atomic E-state index is 5.88. The molecule has 4 atom stereocenters.